The number of nitrogen functional groups attached to an aromatic ring is 1. The van der Waals surface area contributed by atoms with Gasteiger partial charge in [0.2, 0.25) is 5.91 Å². The van der Waals surface area contributed by atoms with E-state index in [2.05, 4.69) is 4.98 Å². The summed E-state index contributed by atoms with van der Waals surface area (Å²) >= 11 is 0. The molecule has 1 aromatic carbocycles. The zero-order valence-electron chi connectivity index (χ0n) is 6.65. The second-order valence-electron chi connectivity index (χ2n) is 2.60. The summed E-state index contributed by atoms with van der Waals surface area (Å²) in [6.07, 6.45) is 0. The Morgan fingerprint density at radius 3 is 2.92 bits per heavy atom. The lowest BCUT2D eigenvalue weighted by atomic mass is 10.2. The molecule has 2 rings (SSSR count). The molecule has 0 bridgehead atoms. The molecule has 0 saturated heterocycles. The molecule has 4 N–H and O–H groups in total. The second kappa shape index (κ2) is 2.48. The Hall–Kier alpha value is -2.04. The highest BCUT2D eigenvalue weighted by atomic mass is 16.4. The largest absolute Gasteiger partial charge is 0.424 e. The average molecular weight is 177 g/mol. The van der Waals surface area contributed by atoms with Crippen LogP contribution in [0.25, 0.3) is 11.1 Å². The molecule has 0 fully saturated rings. The van der Waals surface area contributed by atoms with E-state index in [4.69, 9.17) is 15.9 Å². The third-order valence-electron chi connectivity index (χ3n) is 1.69. The van der Waals surface area contributed by atoms with Crippen LogP contribution in [0.15, 0.2) is 22.6 Å². The summed E-state index contributed by atoms with van der Waals surface area (Å²) in [6.45, 7) is 0. The van der Waals surface area contributed by atoms with Gasteiger partial charge in [0.05, 0.1) is 0 Å². The van der Waals surface area contributed by atoms with Gasteiger partial charge in [0, 0.05) is 5.56 Å². The zero-order valence-corrected chi connectivity index (χ0v) is 6.65. The van der Waals surface area contributed by atoms with Gasteiger partial charge in [-0.1, -0.05) is 0 Å². The number of nitrogens with two attached hydrogens (primary N) is 2. The van der Waals surface area contributed by atoms with Gasteiger partial charge < -0.3 is 15.9 Å². The third kappa shape index (κ3) is 1.20. The number of oxazole rings is 1. The topological polar surface area (TPSA) is 95.1 Å². The summed E-state index contributed by atoms with van der Waals surface area (Å²) in [7, 11) is 0. The Morgan fingerprint density at radius 1 is 1.46 bits per heavy atom. The van der Waals surface area contributed by atoms with Crippen molar-refractivity contribution < 1.29 is 9.21 Å². The number of carbonyl (C=O) groups is 1. The van der Waals surface area contributed by atoms with Crippen molar-refractivity contribution in [1.82, 2.24) is 4.98 Å². The first-order chi connectivity index (χ1) is 6.16. The normalized spacial score (nSPS) is 10.5. The third-order valence-corrected chi connectivity index (χ3v) is 1.69. The standard InChI is InChI=1S/C8H7N3O2/c9-7(12)4-1-2-6-5(3-4)11-8(10)13-6/h1-3H,(H2,9,12)(H2,10,11). The molecule has 1 heterocycles. The summed E-state index contributed by atoms with van der Waals surface area (Å²) in [6, 6.07) is 4.79. The van der Waals surface area contributed by atoms with Gasteiger partial charge in [0.1, 0.15) is 5.52 Å². The molecule has 0 aliphatic carbocycles. The van der Waals surface area contributed by atoms with E-state index in [0.29, 0.717) is 16.7 Å². The maximum absolute atomic E-state index is 10.8. The van der Waals surface area contributed by atoms with E-state index in [9.17, 15) is 4.79 Å². The van der Waals surface area contributed by atoms with Crippen molar-refractivity contribution in [1.29, 1.82) is 0 Å². The molecule has 66 valence electrons. The van der Waals surface area contributed by atoms with Crippen molar-refractivity contribution in [3.05, 3.63) is 23.8 Å². The Balaban J connectivity index is 2.67. The minimum atomic E-state index is -0.497. The summed E-state index contributed by atoms with van der Waals surface area (Å²) in [5.41, 5.74) is 11.9. The van der Waals surface area contributed by atoms with E-state index in [-0.39, 0.29) is 6.01 Å². The average Bonchev–Trinajstić information content (AvgIpc) is 2.42. The SMILES string of the molecule is NC(=O)c1ccc2oc(N)nc2c1. The Bertz CT molecular complexity index is 475. The van der Waals surface area contributed by atoms with Crippen molar-refractivity contribution in [3.8, 4) is 0 Å². The van der Waals surface area contributed by atoms with Gasteiger partial charge in [-0.2, -0.15) is 4.98 Å². The molecule has 5 nitrogen and oxygen atoms in total. The predicted molar refractivity (Wildman–Crippen MR) is 46.9 cm³/mol. The first-order valence-corrected chi connectivity index (χ1v) is 3.62. The lowest BCUT2D eigenvalue weighted by molar-refractivity contribution is 0.100. The lowest BCUT2D eigenvalue weighted by Crippen LogP contribution is -2.10. The fourth-order valence-corrected chi connectivity index (χ4v) is 1.10. The molecule has 0 unspecified atom stereocenters. The number of aromatic nitrogens is 1. The van der Waals surface area contributed by atoms with E-state index >= 15 is 0 Å². The number of benzene rings is 1. The van der Waals surface area contributed by atoms with Gasteiger partial charge in [-0.05, 0) is 18.2 Å². The van der Waals surface area contributed by atoms with Gasteiger partial charge in [0.15, 0.2) is 5.58 Å². The van der Waals surface area contributed by atoms with Crippen molar-refractivity contribution in [3.63, 3.8) is 0 Å². The molecular formula is C8H7N3O2. The number of rotatable bonds is 1. The summed E-state index contributed by atoms with van der Waals surface area (Å²) in [5, 5.41) is 0. The molecule has 0 saturated carbocycles. The lowest BCUT2D eigenvalue weighted by Gasteiger charge is -1.92. The van der Waals surface area contributed by atoms with Gasteiger partial charge >= 0.3 is 0 Å². The zero-order chi connectivity index (χ0) is 9.42. The number of carbonyl (C=O) groups excluding carboxylic acids is 1. The second-order valence-corrected chi connectivity index (χ2v) is 2.60. The summed E-state index contributed by atoms with van der Waals surface area (Å²) in [4.78, 5) is 14.6. The van der Waals surface area contributed by atoms with Crippen LogP contribution in [0.3, 0.4) is 0 Å². The van der Waals surface area contributed by atoms with Crippen LogP contribution in [0.2, 0.25) is 0 Å². The van der Waals surface area contributed by atoms with Crippen molar-refractivity contribution in [2.45, 2.75) is 0 Å². The minimum Gasteiger partial charge on any atom is -0.424 e. The van der Waals surface area contributed by atoms with Crippen LogP contribution in [0.1, 0.15) is 10.4 Å². The van der Waals surface area contributed by atoms with Crippen LogP contribution >= 0.6 is 0 Å². The number of hydrogen-bond acceptors (Lipinski definition) is 4. The van der Waals surface area contributed by atoms with E-state index in [1.807, 2.05) is 0 Å². The maximum Gasteiger partial charge on any atom is 0.292 e. The first kappa shape index (κ1) is 7.60. The molecule has 5 heteroatoms. The first-order valence-electron chi connectivity index (χ1n) is 3.62. The molecule has 0 spiro atoms. The van der Waals surface area contributed by atoms with Crippen molar-refractivity contribution in [2.24, 2.45) is 5.73 Å². The molecule has 0 aliphatic rings. The Kier molecular flexibility index (Phi) is 1.45. The van der Waals surface area contributed by atoms with E-state index in [0.717, 1.165) is 0 Å². The van der Waals surface area contributed by atoms with Crippen LogP contribution in [-0.2, 0) is 0 Å². The van der Waals surface area contributed by atoms with Crippen molar-refractivity contribution >= 4 is 23.0 Å². The van der Waals surface area contributed by atoms with Gasteiger partial charge in [-0.3, -0.25) is 4.79 Å². The van der Waals surface area contributed by atoms with Gasteiger partial charge in [0.25, 0.3) is 6.01 Å². The fraction of sp³-hybridized carbons (Fsp3) is 0. The maximum atomic E-state index is 10.8. The van der Waals surface area contributed by atoms with Crippen LogP contribution in [0, 0.1) is 0 Å². The van der Waals surface area contributed by atoms with Crippen molar-refractivity contribution in [2.75, 3.05) is 5.73 Å². The van der Waals surface area contributed by atoms with Crippen LogP contribution in [-0.4, -0.2) is 10.9 Å². The van der Waals surface area contributed by atoms with Crippen LogP contribution < -0.4 is 11.5 Å². The highest BCUT2D eigenvalue weighted by molar-refractivity contribution is 5.96. The molecule has 0 radical (unpaired) electrons. The van der Waals surface area contributed by atoms with E-state index in [1.165, 1.54) is 6.07 Å². The minimum absolute atomic E-state index is 0.0802. The Morgan fingerprint density at radius 2 is 2.23 bits per heavy atom. The quantitative estimate of drug-likeness (QED) is 0.663. The predicted octanol–water partition coefficient (Wildman–Crippen LogP) is 0.509. The van der Waals surface area contributed by atoms with Gasteiger partial charge in [-0.15, -0.1) is 0 Å². The number of fused-ring (bicyclic) bond motifs is 1. The molecule has 13 heavy (non-hydrogen) atoms. The van der Waals surface area contributed by atoms with Gasteiger partial charge in [-0.25, -0.2) is 0 Å². The number of anilines is 1. The van der Waals surface area contributed by atoms with E-state index in [1.54, 1.807) is 12.1 Å². The summed E-state index contributed by atoms with van der Waals surface area (Å²) in [5.74, 6) is -0.497. The number of nitrogens with zero attached hydrogens (tertiary/aromatic N) is 1. The molecule has 2 aromatic rings. The highest BCUT2D eigenvalue weighted by Crippen LogP contribution is 2.17. The number of hydrogen-bond donors (Lipinski definition) is 2. The molecule has 0 aliphatic heterocycles. The molecule has 0 atom stereocenters. The molecular weight excluding hydrogens is 170 g/mol. The molecule has 1 aromatic heterocycles. The monoisotopic (exact) mass is 177 g/mol. The van der Waals surface area contributed by atoms with E-state index < -0.39 is 5.91 Å². The van der Waals surface area contributed by atoms with Crippen LogP contribution in [0.4, 0.5) is 6.01 Å². The highest BCUT2D eigenvalue weighted by Gasteiger charge is 2.05. The number of amides is 1. The summed E-state index contributed by atoms with van der Waals surface area (Å²) < 4.78 is 5.02. The smallest absolute Gasteiger partial charge is 0.292 e. The Labute approximate surface area is 73.3 Å². The number of primary amides is 1. The van der Waals surface area contributed by atoms with Crippen LogP contribution in [0.5, 0.6) is 0 Å². The fourth-order valence-electron chi connectivity index (χ4n) is 1.10. The molecule has 1 amide bonds.